The number of benzene rings is 5. The number of para-hydroxylation sites is 2. The summed E-state index contributed by atoms with van der Waals surface area (Å²) in [5, 5.41) is 0.966. The summed E-state index contributed by atoms with van der Waals surface area (Å²) in [5.41, 5.74) is 16.2. The first kappa shape index (κ1) is 44.9. The summed E-state index contributed by atoms with van der Waals surface area (Å²) in [5.74, 6) is 9.45. The molecule has 0 aliphatic heterocycles. The van der Waals surface area contributed by atoms with Gasteiger partial charge in [0.15, 0.2) is 0 Å². The SMILES string of the molecule is CC(C)Cc1cc(-c2[c-]cccc2)nc[c]1[Ge]([CH3])([CH3])[CH3].Cc1ccc2oc3cc(-c4nc5ccccc5n4-c4c(C(C)C)cc(-c5ccccc5)cc4C(C)C)[c-]cc3c2n1.[Ir]. The molecule has 4 heterocycles. The number of hydrogen-bond acceptors (Lipinski definition) is 4. The maximum atomic E-state index is 6.26. The van der Waals surface area contributed by atoms with Crippen LogP contribution in [0.1, 0.15) is 75.8 Å². The normalized spacial score (nSPS) is 11.8. The van der Waals surface area contributed by atoms with Crippen LogP contribution in [0.3, 0.4) is 0 Å². The van der Waals surface area contributed by atoms with Crippen molar-refractivity contribution in [2.24, 2.45) is 5.92 Å². The van der Waals surface area contributed by atoms with Gasteiger partial charge < -0.3 is 8.98 Å². The molecule has 0 fully saturated rings. The van der Waals surface area contributed by atoms with Gasteiger partial charge in [-0.25, -0.2) is 0 Å². The molecular formula is C55H56GeIrN4O-2. The van der Waals surface area contributed by atoms with Crippen LogP contribution in [0.25, 0.3) is 72.6 Å². The number of aromatic nitrogens is 4. The molecule has 317 valence electrons. The fourth-order valence-corrected chi connectivity index (χ4v) is 11.7. The molecule has 1 radical (unpaired) electrons. The Bertz CT molecular complexity index is 2950. The molecule has 0 unspecified atom stereocenters. The number of nitrogens with zero attached hydrogens (tertiary/aromatic N) is 4. The van der Waals surface area contributed by atoms with E-state index in [1.807, 2.05) is 43.3 Å². The summed E-state index contributed by atoms with van der Waals surface area (Å²) in [6.07, 6.45) is 3.27. The van der Waals surface area contributed by atoms with Crippen LogP contribution in [0.5, 0.6) is 0 Å². The van der Waals surface area contributed by atoms with Crippen molar-refractivity contribution < 1.29 is 24.5 Å². The minimum atomic E-state index is -1.86. The van der Waals surface area contributed by atoms with Gasteiger partial charge >= 0.3 is 126 Å². The Labute approximate surface area is 383 Å². The molecule has 4 aromatic heterocycles. The van der Waals surface area contributed by atoms with Gasteiger partial charge in [0, 0.05) is 31.5 Å². The first-order valence-corrected chi connectivity index (χ1v) is 29.0. The third kappa shape index (κ3) is 9.29. The van der Waals surface area contributed by atoms with Crippen molar-refractivity contribution in [3.05, 3.63) is 162 Å². The number of aryl methyl sites for hydroxylation is 1. The van der Waals surface area contributed by atoms with Crippen molar-refractivity contribution in [1.29, 1.82) is 0 Å². The number of fused-ring (bicyclic) bond motifs is 4. The van der Waals surface area contributed by atoms with Gasteiger partial charge in [-0.2, -0.15) is 0 Å². The van der Waals surface area contributed by atoms with Crippen LogP contribution in [0.2, 0.25) is 17.3 Å². The zero-order valence-corrected chi connectivity index (χ0v) is 42.1. The van der Waals surface area contributed by atoms with E-state index in [-0.39, 0.29) is 20.1 Å². The summed E-state index contributed by atoms with van der Waals surface area (Å²) in [4.78, 5) is 14.6. The Hall–Kier alpha value is -5.14. The van der Waals surface area contributed by atoms with Gasteiger partial charge in [-0.05, 0) is 82.8 Å². The van der Waals surface area contributed by atoms with Crippen LogP contribution in [0, 0.1) is 25.0 Å². The molecule has 0 saturated carbocycles. The van der Waals surface area contributed by atoms with Gasteiger partial charge in [0.2, 0.25) is 0 Å². The van der Waals surface area contributed by atoms with Crippen molar-refractivity contribution in [2.45, 2.75) is 84.0 Å². The molecule has 0 spiro atoms. The molecule has 0 amide bonds. The molecule has 0 saturated heterocycles. The van der Waals surface area contributed by atoms with E-state index in [0.717, 1.165) is 67.9 Å². The van der Waals surface area contributed by atoms with Gasteiger partial charge in [0.25, 0.3) is 0 Å². The average molecular weight is 1050 g/mol. The van der Waals surface area contributed by atoms with E-state index in [9.17, 15) is 0 Å². The van der Waals surface area contributed by atoms with Gasteiger partial charge in [0.1, 0.15) is 5.58 Å². The van der Waals surface area contributed by atoms with Crippen molar-refractivity contribution in [3.8, 4) is 39.5 Å². The van der Waals surface area contributed by atoms with E-state index in [1.54, 1.807) is 4.40 Å². The first-order chi connectivity index (χ1) is 29.3. The zero-order valence-electron chi connectivity index (χ0n) is 37.6. The van der Waals surface area contributed by atoms with Gasteiger partial charge in [-0.1, -0.05) is 76.2 Å². The number of rotatable bonds is 9. The predicted molar refractivity (Wildman–Crippen MR) is 259 cm³/mol. The van der Waals surface area contributed by atoms with Crippen LogP contribution in [0.4, 0.5) is 0 Å². The number of pyridine rings is 2. The van der Waals surface area contributed by atoms with Crippen molar-refractivity contribution >= 4 is 50.8 Å². The Morgan fingerprint density at radius 3 is 2.05 bits per heavy atom. The minimum Gasteiger partial charge on any atom is -0.475 e. The molecule has 0 aliphatic rings. The molecule has 9 rings (SSSR count). The fraction of sp³-hybridized carbons (Fsp3) is 0.255. The van der Waals surface area contributed by atoms with Gasteiger partial charge in [0.05, 0.1) is 28.0 Å². The molecule has 62 heavy (non-hydrogen) atoms. The summed E-state index contributed by atoms with van der Waals surface area (Å²) in [6, 6.07) is 49.0. The maximum Gasteiger partial charge on any atom is 0.141 e. The molecule has 0 bridgehead atoms. The Morgan fingerprint density at radius 1 is 0.694 bits per heavy atom. The van der Waals surface area contributed by atoms with Crippen molar-refractivity contribution in [2.75, 3.05) is 0 Å². The summed E-state index contributed by atoms with van der Waals surface area (Å²) < 4.78 is 10.1. The molecule has 5 aromatic carbocycles. The molecule has 0 atom stereocenters. The largest absolute Gasteiger partial charge is 0.475 e. The minimum absolute atomic E-state index is 0. The third-order valence-corrected chi connectivity index (χ3v) is 15.7. The predicted octanol–water partition coefficient (Wildman–Crippen LogP) is 14.3. The average Bonchev–Trinajstić information content (AvgIpc) is 3.81. The molecule has 9 aromatic rings. The van der Waals surface area contributed by atoms with E-state index >= 15 is 0 Å². The van der Waals surface area contributed by atoms with Gasteiger partial charge in [-0.3, -0.25) is 9.97 Å². The molecule has 5 nitrogen and oxygen atoms in total. The number of furan rings is 1. The Morgan fingerprint density at radius 2 is 1.39 bits per heavy atom. The fourth-order valence-electron chi connectivity index (χ4n) is 8.34. The number of hydrogen-bond donors (Lipinski definition) is 0. The van der Waals surface area contributed by atoms with Crippen LogP contribution in [-0.2, 0) is 26.5 Å². The summed E-state index contributed by atoms with van der Waals surface area (Å²) >= 11 is -1.86. The molecule has 0 aliphatic carbocycles. The van der Waals surface area contributed by atoms with E-state index < -0.39 is 13.3 Å². The van der Waals surface area contributed by atoms with Crippen LogP contribution >= 0.6 is 0 Å². The zero-order chi connectivity index (χ0) is 43.0. The van der Waals surface area contributed by atoms with E-state index in [2.05, 4.69) is 167 Å². The quantitative estimate of drug-likeness (QED) is 0.107. The standard InChI is InChI=1S/C37H32N3O.C18H24GeN.Ir/c1-22(2)29-19-27(25-11-7-6-8-12-25)20-30(23(3)4)36(29)40-32-14-10-9-13-31(32)39-37(40)26-16-17-28-34(21-26)41-33-18-15-24(5)38-35(28)33;1-14(2)11-16-12-18(15-9-7-6-8-10-15)20-13-17(16)19(3,4)5;/h6-15,17-23H,1-5H3;6-9,12-14H,11H2,1-5H3;/q2*-1;. The monoisotopic (exact) mass is 1060 g/mol. The van der Waals surface area contributed by atoms with Gasteiger partial charge in [-0.15, -0.1) is 17.7 Å². The smallest absolute Gasteiger partial charge is 0.141 e. The molecule has 0 N–H and O–H groups in total. The second-order valence-corrected chi connectivity index (χ2v) is 28.9. The topological polar surface area (TPSA) is 56.7 Å². The Kier molecular flexibility index (Phi) is 13.5. The van der Waals surface area contributed by atoms with Crippen LogP contribution in [-0.4, -0.2) is 32.8 Å². The van der Waals surface area contributed by atoms with Crippen LogP contribution in [0.15, 0.2) is 132 Å². The second-order valence-electron chi connectivity index (χ2n) is 18.3. The summed E-state index contributed by atoms with van der Waals surface area (Å²) in [7, 11) is 0. The molecular weight excluding hydrogens is 997 g/mol. The van der Waals surface area contributed by atoms with E-state index in [0.29, 0.717) is 17.8 Å². The Balaban J connectivity index is 0.000000233. The van der Waals surface area contributed by atoms with E-state index in [4.69, 9.17) is 19.4 Å². The third-order valence-electron chi connectivity index (χ3n) is 11.3. The first-order valence-electron chi connectivity index (χ1n) is 21.7. The van der Waals surface area contributed by atoms with E-state index in [1.165, 1.54) is 33.5 Å². The molecule has 7 heteroatoms. The maximum absolute atomic E-state index is 6.26. The second kappa shape index (κ2) is 18.7. The van der Waals surface area contributed by atoms with Crippen molar-refractivity contribution in [3.63, 3.8) is 0 Å². The van der Waals surface area contributed by atoms with Crippen LogP contribution < -0.4 is 4.40 Å². The summed E-state index contributed by atoms with van der Waals surface area (Å²) in [6.45, 7) is 15.7. The van der Waals surface area contributed by atoms with Crippen molar-refractivity contribution in [1.82, 2.24) is 19.5 Å². The number of imidazole rings is 1.